The summed E-state index contributed by atoms with van der Waals surface area (Å²) in [7, 11) is 0. The second-order valence-electron chi connectivity index (χ2n) is 2.95. The third-order valence-corrected chi connectivity index (χ3v) is 2.01. The molecule has 0 saturated heterocycles. The van der Waals surface area contributed by atoms with Gasteiger partial charge in [-0.2, -0.15) is 0 Å². The van der Waals surface area contributed by atoms with E-state index in [0.29, 0.717) is 0 Å². The number of hydrogen-bond acceptors (Lipinski definition) is 3. The first-order valence-electron chi connectivity index (χ1n) is 4.59. The Balaban J connectivity index is 0. The largest absolute Gasteiger partial charge is 0.483 e. The highest BCUT2D eigenvalue weighted by Crippen LogP contribution is 2.22. The number of amides is 1. The van der Waals surface area contributed by atoms with Crippen LogP contribution in [-0.4, -0.2) is 29.1 Å². The van der Waals surface area contributed by atoms with E-state index in [2.05, 4.69) is 0 Å². The highest BCUT2D eigenvalue weighted by molar-refractivity contribution is 5.76. The Morgan fingerprint density at radius 3 is 1.60 bits per heavy atom. The SMILES string of the molecule is NC(=O)C1CCCCC1.O=CO.O=CO. The van der Waals surface area contributed by atoms with Gasteiger partial charge in [-0.3, -0.25) is 14.4 Å². The normalized spacial score (nSPS) is 14.7. The molecule has 0 unspecified atom stereocenters. The van der Waals surface area contributed by atoms with Crippen molar-refractivity contribution in [3.05, 3.63) is 0 Å². The average Bonchev–Trinajstić information content (AvgIpc) is 2.21. The Kier molecular flexibility index (Phi) is 13.1. The molecule has 1 saturated carbocycles. The van der Waals surface area contributed by atoms with Crippen molar-refractivity contribution in [2.24, 2.45) is 11.7 Å². The van der Waals surface area contributed by atoms with Crippen molar-refractivity contribution >= 4 is 18.9 Å². The smallest absolute Gasteiger partial charge is 0.290 e. The van der Waals surface area contributed by atoms with Crippen LogP contribution in [0.4, 0.5) is 0 Å². The van der Waals surface area contributed by atoms with E-state index >= 15 is 0 Å². The zero-order chi connectivity index (χ0) is 12.1. The van der Waals surface area contributed by atoms with Crippen molar-refractivity contribution in [2.45, 2.75) is 32.1 Å². The van der Waals surface area contributed by atoms with E-state index in [1.54, 1.807) is 0 Å². The van der Waals surface area contributed by atoms with Crippen LogP contribution in [0.15, 0.2) is 0 Å². The zero-order valence-electron chi connectivity index (χ0n) is 8.46. The summed E-state index contributed by atoms with van der Waals surface area (Å²) in [5, 5.41) is 13.8. The fourth-order valence-electron chi connectivity index (χ4n) is 1.39. The van der Waals surface area contributed by atoms with E-state index in [-0.39, 0.29) is 24.8 Å². The van der Waals surface area contributed by atoms with E-state index in [1.807, 2.05) is 0 Å². The fraction of sp³-hybridized carbons (Fsp3) is 0.667. The van der Waals surface area contributed by atoms with Gasteiger partial charge in [-0.15, -0.1) is 0 Å². The van der Waals surface area contributed by atoms with E-state index in [1.165, 1.54) is 19.3 Å². The van der Waals surface area contributed by atoms with Crippen molar-refractivity contribution < 1.29 is 24.6 Å². The summed E-state index contributed by atoms with van der Waals surface area (Å²) in [5.74, 6) is 0.0912. The van der Waals surface area contributed by atoms with Gasteiger partial charge in [0.25, 0.3) is 12.9 Å². The summed E-state index contributed by atoms with van der Waals surface area (Å²) in [6, 6.07) is 0. The lowest BCUT2D eigenvalue weighted by atomic mass is 9.89. The second kappa shape index (κ2) is 12.4. The van der Waals surface area contributed by atoms with E-state index < -0.39 is 0 Å². The molecule has 0 atom stereocenters. The van der Waals surface area contributed by atoms with Gasteiger partial charge in [-0.1, -0.05) is 19.3 Å². The number of carbonyl (C=O) groups is 3. The van der Waals surface area contributed by atoms with Gasteiger partial charge in [-0.05, 0) is 12.8 Å². The molecular formula is C9H17NO5. The van der Waals surface area contributed by atoms with Gasteiger partial charge in [0.05, 0.1) is 0 Å². The Bertz CT molecular complexity index is 171. The molecule has 15 heavy (non-hydrogen) atoms. The van der Waals surface area contributed by atoms with E-state index in [9.17, 15) is 4.79 Å². The zero-order valence-corrected chi connectivity index (χ0v) is 8.46. The highest BCUT2D eigenvalue weighted by atomic mass is 16.3. The maximum Gasteiger partial charge on any atom is 0.290 e. The Hall–Kier alpha value is -1.59. The molecule has 0 aromatic rings. The fourth-order valence-corrected chi connectivity index (χ4v) is 1.39. The lowest BCUT2D eigenvalue weighted by molar-refractivity contribution is -0.123. The van der Waals surface area contributed by atoms with Crippen LogP contribution in [0, 0.1) is 5.92 Å². The molecule has 1 amide bonds. The summed E-state index contributed by atoms with van der Waals surface area (Å²) in [4.78, 5) is 27.3. The number of carboxylic acid groups (broad SMARTS) is 2. The standard InChI is InChI=1S/C7H13NO.2CH2O2/c8-7(9)6-4-2-1-3-5-6;2*2-1-3/h6H,1-5H2,(H2,8,9);2*1H,(H,2,3). The van der Waals surface area contributed by atoms with Crippen LogP contribution < -0.4 is 5.73 Å². The first-order chi connectivity index (χ1) is 7.13. The van der Waals surface area contributed by atoms with Gasteiger partial charge in [0.15, 0.2) is 0 Å². The summed E-state index contributed by atoms with van der Waals surface area (Å²) < 4.78 is 0. The molecule has 6 heteroatoms. The molecule has 0 aliphatic heterocycles. The van der Waals surface area contributed by atoms with Crippen LogP contribution in [-0.2, 0) is 14.4 Å². The quantitative estimate of drug-likeness (QED) is 0.553. The molecule has 0 radical (unpaired) electrons. The highest BCUT2D eigenvalue weighted by Gasteiger charge is 2.17. The topological polar surface area (TPSA) is 118 Å². The van der Waals surface area contributed by atoms with Gasteiger partial charge in [0.1, 0.15) is 0 Å². The van der Waals surface area contributed by atoms with Crippen molar-refractivity contribution in [1.82, 2.24) is 0 Å². The van der Waals surface area contributed by atoms with Crippen molar-refractivity contribution in [3.63, 3.8) is 0 Å². The molecule has 4 N–H and O–H groups in total. The van der Waals surface area contributed by atoms with Crippen LogP contribution >= 0.6 is 0 Å². The number of primary amides is 1. The molecule has 0 aromatic heterocycles. The van der Waals surface area contributed by atoms with Gasteiger partial charge in [-0.25, -0.2) is 0 Å². The molecule has 0 bridgehead atoms. The van der Waals surface area contributed by atoms with Crippen molar-refractivity contribution in [2.75, 3.05) is 0 Å². The van der Waals surface area contributed by atoms with Crippen molar-refractivity contribution in [1.29, 1.82) is 0 Å². The molecule has 0 heterocycles. The maximum atomic E-state index is 10.6. The number of nitrogens with two attached hydrogens (primary N) is 1. The minimum Gasteiger partial charge on any atom is -0.483 e. The molecule has 0 aromatic carbocycles. The van der Waals surface area contributed by atoms with Gasteiger partial charge >= 0.3 is 0 Å². The summed E-state index contributed by atoms with van der Waals surface area (Å²) in [5.41, 5.74) is 5.13. The first-order valence-corrected chi connectivity index (χ1v) is 4.59. The number of rotatable bonds is 1. The lowest BCUT2D eigenvalue weighted by Crippen LogP contribution is -2.24. The monoisotopic (exact) mass is 219 g/mol. The Morgan fingerprint density at radius 2 is 1.40 bits per heavy atom. The van der Waals surface area contributed by atoms with Crippen molar-refractivity contribution in [3.8, 4) is 0 Å². The molecule has 6 nitrogen and oxygen atoms in total. The van der Waals surface area contributed by atoms with Gasteiger partial charge in [0.2, 0.25) is 5.91 Å². The second-order valence-corrected chi connectivity index (χ2v) is 2.95. The average molecular weight is 219 g/mol. The van der Waals surface area contributed by atoms with E-state index in [0.717, 1.165) is 12.8 Å². The molecule has 0 spiro atoms. The molecule has 1 aliphatic rings. The molecule has 1 fully saturated rings. The minimum absolute atomic E-state index is 0.102. The Labute approximate surface area is 88.1 Å². The molecule has 88 valence electrons. The first kappa shape index (κ1) is 15.9. The molecular weight excluding hydrogens is 202 g/mol. The van der Waals surface area contributed by atoms with Gasteiger partial charge in [0, 0.05) is 5.92 Å². The number of hydrogen-bond donors (Lipinski definition) is 3. The minimum atomic E-state index is -0.250. The lowest BCUT2D eigenvalue weighted by Gasteiger charge is -2.17. The predicted octanol–water partition coefficient (Wildman–Crippen LogP) is 0.454. The van der Waals surface area contributed by atoms with Crippen LogP contribution in [0.1, 0.15) is 32.1 Å². The van der Waals surface area contributed by atoms with Crippen LogP contribution in [0.2, 0.25) is 0 Å². The third-order valence-electron chi connectivity index (χ3n) is 2.01. The van der Waals surface area contributed by atoms with Crippen LogP contribution in [0.3, 0.4) is 0 Å². The van der Waals surface area contributed by atoms with Gasteiger partial charge < -0.3 is 15.9 Å². The third kappa shape index (κ3) is 12.4. The maximum absolute atomic E-state index is 10.6. The number of carbonyl (C=O) groups excluding carboxylic acids is 1. The summed E-state index contributed by atoms with van der Waals surface area (Å²) >= 11 is 0. The predicted molar refractivity (Wildman–Crippen MR) is 53.2 cm³/mol. The molecule has 1 rings (SSSR count). The van der Waals surface area contributed by atoms with E-state index in [4.69, 9.17) is 25.5 Å². The summed E-state index contributed by atoms with van der Waals surface area (Å²) in [6.45, 7) is -0.500. The van der Waals surface area contributed by atoms with Crippen LogP contribution in [0.5, 0.6) is 0 Å². The molecule has 1 aliphatic carbocycles. The summed E-state index contributed by atoms with van der Waals surface area (Å²) in [6.07, 6.45) is 5.70. The van der Waals surface area contributed by atoms with Crippen LogP contribution in [0.25, 0.3) is 0 Å². The Morgan fingerprint density at radius 1 is 1.07 bits per heavy atom.